The highest BCUT2D eigenvalue weighted by atomic mass is 15.3. The van der Waals surface area contributed by atoms with Gasteiger partial charge in [0.05, 0.1) is 18.4 Å². The predicted octanol–water partition coefficient (Wildman–Crippen LogP) is 2.13. The molecule has 4 heteroatoms. The lowest BCUT2D eigenvalue weighted by molar-refractivity contribution is 0.240. The van der Waals surface area contributed by atoms with Crippen molar-refractivity contribution in [3.8, 4) is 0 Å². The van der Waals surface area contributed by atoms with Crippen LogP contribution in [-0.4, -0.2) is 27.3 Å². The largest absolute Gasteiger partial charge is 0.396 e. The minimum Gasteiger partial charge on any atom is -0.396 e. The molecule has 0 bridgehead atoms. The van der Waals surface area contributed by atoms with Crippen LogP contribution in [0.4, 0.5) is 5.69 Å². The molecule has 1 aliphatic rings. The average molecular weight is 256 g/mol. The Bertz CT molecular complexity index is 516. The van der Waals surface area contributed by atoms with Crippen molar-refractivity contribution in [3.05, 3.63) is 48.3 Å². The molecule has 4 nitrogen and oxygen atoms in total. The smallest absolute Gasteiger partial charge is 0.0719 e. The molecule has 0 aliphatic heterocycles. The Morgan fingerprint density at radius 3 is 2.68 bits per heavy atom. The molecule has 19 heavy (non-hydrogen) atoms. The van der Waals surface area contributed by atoms with E-state index in [0.717, 1.165) is 31.4 Å². The van der Waals surface area contributed by atoms with E-state index < -0.39 is 0 Å². The number of anilines is 1. The molecule has 100 valence electrons. The van der Waals surface area contributed by atoms with Crippen LogP contribution in [0.2, 0.25) is 0 Å². The quantitative estimate of drug-likeness (QED) is 0.861. The number of hydrogen-bond donors (Lipinski definition) is 1. The Kier molecular flexibility index (Phi) is 3.51. The van der Waals surface area contributed by atoms with Crippen molar-refractivity contribution in [1.82, 2.24) is 14.7 Å². The van der Waals surface area contributed by atoms with Crippen LogP contribution in [0.15, 0.2) is 42.7 Å². The number of nitrogens with two attached hydrogens (primary N) is 1. The second-order valence-corrected chi connectivity index (χ2v) is 5.22. The Labute approximate surface area is 113 Å². The number of nitrogens with zero attached hydrogens (tertiary/aromatic N) is 3. The third-order valence-electron chi connectivity index (χ3n) is 3.56. The summed E-state index contributed by atoms with van der Waals surface area (Å²) >= 11 is 0. The van der Waals surface area contributed by atoms with E-state index in [1.807, 2.05) is 10.9 Å². The van der Waals surface area contributed by atoms with Crippen molar-refractivity contribution >= 4 is 5.69 Å². The highest BCUT2D eigenvalue weighted by Gasteiger charge is 2.28. The molecule has 0 unspecified atom stereocenters. The summed E-state index contributed by atoms with van der Waals surface area (Å²) in [6.45, 7) is 2.96. The Morgan fingerprint density at radius 1 is 1.26 bits per heavy atom. The van der Waals surface area contributed by atoms with Gasteiger partial charge in [-0.1, -0.05) is 30.3 Å². The van der Waals surface area contributed by atoms with E-state index in [4.69, 9.17) is 5.73 Å². The van der Waals surface area contributed by atoms with Crippen molar-refractivity contribution in [2.45, 2.75) is 32.0 Å². The van der Waals surface area contributed by atoms with Gasteiger partial charge in [0, 0.05) is 25.3 Å². The minimum absolute atomic E-state index is 0.737. The summed E-state index contributed by atoms with van der Waals surface area (Å²) in [7, 11) is 0. The van der Waals surface area contributed by atoms with Gasteiger partial charge in [-0.05, 0) is 18.4 Å². The summed E-state index contributed by atoms with van der Waals surface area (Å²) in [5.41, 5.74) is 7.80. The van der Waals surface area contributed by atoms with Gasteiger partial charge in [-0.3, -0.25) is 9.58 Å². The number of benzene rings is 1. The highest BCUT2D eigenvalue weighted by Crippen LogP contribution is 2.28. The third-order valence-corrected chi connectivity index (χ3v) is 3.56. The van der Waals surface area contributed by atoms with E-state index >= 15 is 0 Å². The van der Waals surface area contributed by atoms with Gasteiger partial charge in [-0.15, -0.1) is 0 Å². The monoisotopic (exact) mass is 256 g/mol. The van der Waals surface area contributed by atoms with Gasteiger partial charge in [0.25, 0.3) is 0 Å². The lowest BCUT2D eigenvalue weighted by Gasteiger charge is -2.22. The van der Waals surface area contributed by atoms with Gasteiger partial charge in [-0.2, -0.15) is 5.10 Å². The van der Waals surface area contributed by atoms with Crippen LogP contribution in [0.1, 0.15) is 18.4 Å². The fraction of sp³-hybridized carbons (Fsp3) is 0.400. The maximum atomic E-state index is 5.68. The van der Waals surface area contributed by atoms with Gasteiger partial charge >= 0.3 is 0 Å². The number of aromatic nitrogens is 2. The van der Waals surface area contributed by atoms with Crippen LogP contribution >= 0.6 is 0 Å². The molecule has 1 saturated carbocycles. The summed E-state index contributed by atoms with van der Waals surface area (Å²) in [6, 6.07) is 11.4. The molecule has 0 saturated heterocycles. The zero-order valence-electron chi connectivity index (χ0n) is 11.1. The minimum atomic E-state index is 0.737. The first-order valence-corrected chi connectivity index (χ1v) is 6.87. The molecule has 1 aliphatic carbocycles. The maximum absolute atomic E-state index is 5.68. The molecule has 1 aromatic carbocycles. The topological polar surface area (TPSA) is 47.1 Å². The molecule has 0 atom stereocenters. The fourth-order valence-corrected chi connectivity index (χ4v) is 2.38. The van der Waals surface area contributed by atoms with Crippen molar-refractivity contribution in [1.29, 1.82) is 0 Å². The summed E-state index contributed by atoms with van der Waals surface area (Å²) in [4.78, 5) is 2.55. The van der Waals surface area contributed by atoms with Crippen LogP contribution < -0.4 is 5.73 Å². The average Bonchev–Trinajstić information content (AvgIpc) is 3.19. The molecular weight excluding hydrogens is 236 g/mol. The molecule has 2 N–H and O–H groups in total. The fourth-order valence-electron chi connectivity index (χ4n) is 2.38. The first-order valence-electron chi connectivity index (χ1n) is 6.87. The van der Waals surface area contributed by atoms with Gasteiger partial charge in [0.2, 0.25) is 0 Å². The standard InChI is InChI=1S/C15H20N4/c16-14-10-17-19(12-14)9-8-18(15-6-7-15)11-13-4-2-1-3-5-13/h1-5,10,12,15H,6-9,11,16H2. The molecule has 0 radical (unpaired) electrons. The first-order chi connectivity index (χ1) is 9.31. The summed E-state index contributed by atoms with van der Waals surface area (Å²) in [6.07, 6.45) is 6.26. The molecule has 1 fully saturated rings. The molecule has 1 heterocycles. The van der Waals surface area contributed by atoms with Gasteiger partial charge in [-0.25, -0.2) is 0 Å². The zero-order chi connectivity index (χ0) is 13.1. The van der Waals surface area contributed by atoms with E-state index in [-0.39, 0.29) is 0 Å². The summed E-state index contributed by atoms with van der Waals surface area (Å²) in [5, 5.41) is 4.24. The summed E-state index contributed by atoms with van der Waals surface area (Å²) in [5.74, 6) is 0. The SMILES string of the molecule is Nc1cnn(CCN(Cc2ccccc2)C2CC2)c1. The maximum Gasteiger partial charge on any atom is 0.0719 e. The normalized spacial score (nSPS) is 15.0. The number of hydrogen-bond acceptors (Lipinski definition) is 3. The highest BCUT2D eigenvalue weighted by molar-refractivity contribution is 5.30. The molecular formula is C15H20N4. The second kappa shape index (κ2) is 5.45. The first kappa shape index (κ1) is 12.2. The predicted molar refractivity (Wildman–Crippen MR) is 76.5 cm³/mol. The Hall–Kier alpha value is -1.81. The lowest BCUT2D eigenvalue weighted by atomic mass is 10.2. The van der Waals surface area contributed by atoms with Crippen molar-refractivity contribution in [2.24, 2.45) is 0 Å². The Morgan fingerprint density at radius 2 is 2.05 bits per heavy atom. The van der Waals surface area contributed by atoms with Gasteiger partial charge < -0.3 is 5.73 Å². The van der Waals surface area contributed by atoms with Crippen LogP contribution in [0.3, 0.4) is 0 Å². The summed E-state index contributed by atoms with van der Waals surface area (Å²) < 4.78 is 1.93. The van der Waals surface area contributed by atoms with E-state index in [1.54, 1.807) is 6.20 Å². The molecule has 3 rings (SSSR count). The van der Waals surface area contributed by atoms with E-state index in [9.17, 15) is 0 Å². The van der Waals surface area contributed by atoms with Crippen LogP contribution in [0.5, 0.6) is 0 Å². The third kappa shape index (κ3) is 3.35. The van der Waals surface area contributed by atoms with Gasteiger partial charge in [0.1, 0.15) is 0 Å². The number of nitrogen functional groups attached to an aromatic ring is 1. The number of rotatable bonds is 6. The van der Waals surface area contributed by atoms with E-state index in [2.05, 4.69) is 40.3 Å². The van der Waals surface area contributed by atoms with Crippen molar-refractivity contribution < 1.29 is 0 Å². The van der Waals surface area contributed by atoms with Crippen molar-refractivity contribution in [2.75, 3.05) is 12.3 Å². The molecule has 0 amide bonds. The van der Waals surface area contributed by atoms with Gasteiger partial charge in [0.15, 0.2) is 0 Å². The lowest BCUT2D eigenvalue weighted by Crippen LogP contribution is -2.29. The van der Waals surface area contributed by atoms with E-state index in [1.165, 1.54) is 18.4 Å². The van der Waals surface area contributed by atoms with Crippen LogP contribution in [0.25, 0.3) is 0 Å². The van der Waals surface area contributed by atoms with Crippen LogP contribution in [-0.2, 0) is 13.1 Å². The molecule has 1 aromatic heterocycles. The van der Waals surface area contributed by atoms with E-state index in [0.29, 0.717) is 0 Å². The van der Waals surface area contributed by atoms with Crippen LogP contribution in [0, 0.1) is 0 Å². The zero-order valence-corrected chi connectivity index (χ0v) is 11.1. The van der Waals surface area contributed by atoms with Crippen molar-refractivity contribution in [3.63, 3.8) is 0 Å². The second-order valence-electron chi connectivity index (χ2n) is 5.22. The molecule has 2 aromatic rings. The Balaban J connectivity index is 1.59. The molecule has 0 spiro atoms.